The second kappa shape index (κ2) is 4.53. The standard InChI is InChI=1S/C15H14F2N2/c16-10-2-6-15(13(17)8-10)19-14-5-1-9-7-11(18)3-4-12(9)14/h2-4,6-8,14,19H,1,5,18H2. The Morgan fingerprint density at radius 1 is 1.11 bits per heavy atom. The number of nitrogens with one attached hydrogen (secondary N) is 1. The third kappa shape index (κ3) is 2.26. The fourth-order valence-electron chi connectivity index (χ4n) is 2.58. The van der Waals surface area contributed by atoms with Crippen molar-refractivity contribution in [1.82, 2.24) is 0 Å². The molecule has 0 radical (unpaired) electrons. The van der Waals surface area contributed by atoms with Crippen molar-refractivity contribution in [3.05, 3.63) is 59.2 Å². The maximum atomic E-state index is 13.6. The van der Waals surface area contributed by atoms with Crippen molar-refractivity contribution in [2.45, 2.75) is 18.9 Å². The summed E-state index contributed by atoms with van der Waals surface area (Å²) in [7, 11) is 0. The van der Waals surface area contributed by atoms with Crippen molar-refractivity contribution < 1.29 is 8.78 Å². The lowest BCUT2D eigenvalue weighted by molar-refractivity contribution is 0.582. The van der Waals surface area contributed by atoms with E-state index in [4.69, 9.17) is 5.73 Å². The van der Waals surface area contributed by atoms with Crippen molar-refractivity contribution in [2.75, 3.05) is 11.1 Å². The molecular weight excluding hydrogens is 246 g/mol. The summed E-state index contributed by atoms with van der Waals surface area (Å²) in [5.41, 5.74) is 9.15. The van der Waals surface area contributed by atoms with Crippen LogP contribution in [0.2, 0.25) is 0 Å². The highest BCUT2D eigenvalue weighted by molar-refractivity contribution is 5.52. The van der Waals surface area contributed by atoms with Crippen LogP contribution in [0.4, 0.5) is 20.2 Å². The number of halogens is 2. The summed E-state index contributed by atoms with van der Waals surface area (Å²) in [4.78, 5) is 0. The largest absolute Gasteiger partial charge is 0.399 e. The summed E-state index contributed by atoms with van der Waals surface area (Å²) in [6.07, 6.45) is 1.80. The summed E-state index contributed by atoms with van der Waals surface area (Å²) in [5.74, 6) is -1.13. The maximum absolute atomic E-state index is 13.6. The van der Waals surface area contributed by atoms with E-state index in [1.165, 1.54) is 17.7 Å². The van der Waals surface area contributed by atoms with E-state index in [2.05, 4.69) is 5.32 Å². The SMILES string of the molecule is Nc1ccc2c(c1)CCC2Nc1ccc(F)cc1F. The van der Waals surface area contributed by atoms with Crippen molar-refractivity contribution in [3.63, 3.8) is 0 Å². The van der Waals surface area contributed by atoms with E-state index in [0.717, 1.165) is 30.2 Å². The first-order valence-electron chi connectivity index (χ1n) is 6.23. The summed E-state index contributed by atoms with van der Waals surface area (Å²) in [6.45, 7) is 0. The Balaban J connectivity index is 1.86. The molecule has 1 unspecified atom stereocenters. The molecule has 2 aromatic rings. The van der Waals surface area contributed by atoms with Crippen molar-refractivity contribution in [3.8, 4) is 0 Å². The van der Waals surface area contributed by atoms with E-state index >= 15 is 0 Å². The quantitative estimate of drug-likeness (QED) is 0.809. The molecule has 0 heterocycles. The lowest BCUT2D eigenvalue weighted by Crippen LogP contribution is -2.08. The number of benzene rings is 2. The molecule has 1 atom stereocenters. The molecule has 2 aromatic carbocycles. The predicted octanol–water partition coefficient (Wildman–Crippen LogP) is 3.65. The van der Waals surface area contributed by atoms with Gasteiger partial charge in [0, 0.05) is 11.8 Å². The van der Waals surface area contributed by atoms with Gasteiger partial charge >= 0.3 is 0 Å². The van der Waals surface area contributed by atoms with Gasteiger partial charge < -0.3 is 11.1 Å². The molecule has 0 fully saturated rings. The van der Waals surface area contributed by atoms with Crippen molar-refractivity contribution in [2.24, 2.45) is 0 Å². The zero-order valence-corrected chi connectivity index (χ0v) is 10.3. The van der Waals surface area contributed by atoms with Crippen LogP contribution in [0.5, 0.6) is 0 Å². The van der Waals surface area contributed by atoms with Crippen LogP contribution in [-0.2, 0) is 6.42 Å². The molecule has 0 bridgehead atoms. The third-order valence-corrected chi connectivity index (χ3v) is 3.51. The van der Waals surface area contributed by atoms with Gasteiger partial charge in [0.05, 0.1) is 11.7 Å². The molecule has 98 valence electrons. The molecule has 0 saturated carbocycles. The average Bonchev–Trinajstić information content (AvgIpc) is 2.75. The van der Waals surface area contributed by atoms with Crippen molar-refractivity contribution in [1.29, 1.82) is 0 Å². The Bertz CT molecular complexity index is 626. The summed E-state index contributed by atoms with van der Waals surface area (Å²) >= 11 is 0. The van der Waals surface area contributed by atoms with Gasteiger partial charge in [-0.15, -0.1) is 0 Å². The second-order valence-corrected chi connectivity index (χ2v) is 4.82. The second-order valence-electron chi connectivity index (χ2n) is 4.82. The molecule has 1 aliphatic rings. The first-order valence-corrected chi connectivity index (χ1v) is 6.23. The normalized spacial score (nSPS) is 17.3. The van der Waals surface area contributed by atoms with Crippen LogP contribution in [0.3, 0.4) is 0 Å². The van der Waals surface area contributed by atoms with Gasteiger partial charge in [0.15, 0.2) is 0 Å². The highest BCUT2D eigenvalue weighted by Crippen LogP contribution is 2.35. The first-order chi connectivity index (χ1) is 9.13. The average molecular weight is 260 g/mol. The van der Waals surface area contributed by atoms with E-state index in [9.17, 15) is 8.78 Å². The molecular formula is C15H14F2N2. The number of nitrogen functional groups attached to an aromatic ring is 1. The molecule has 0 aliphatic heterocycles. The van der Waals surface area contributed by atoms with Gasteiger partial charge in [-0.05, 0) is 48.2 Å². The van der Waals surface area contributed by atoms with E-state index in [1.54, 1.807) is 0 Å². The van der Waals surface area contributed by atoms with Gasteiger partial charge in [-0.25, -0.2) is 8.78 Å². The fraction of sp³-hybridized carbons (Fsp3) is 0.200. The van der Waals surface area contributed by atoms with Gasteiger partial charge in [-0.2, -0.15) is 0 Å². The number of nitrogens with two attached hydrogens (primary N) is 1. The van der Waals surface area contributed by atoms with Crippen LogP contribution < -0.4 is 11.1 Å². The number of hydrogen-bond donors (Lipinski definition) is 2. The predicted molar refractivity (Wildman–Crippen MR) is 71.9 cm³/mol. The minimum absolute atomic E-state index is 0.0514. The Kier molecular flexibility index (Phi) is 2.85. The van der Waals surface area contributed by atoms with E-state index in [-0.39, 0.29) is 6.04 Å². The zero-order valence-electron chi connectivity index (χ0n) is 10.3. The van der Waals surface area contributed by atoms with Crippen LogP contribution in [0.1, 0.15) is 23.6 Å². The van der Waals surface area contributed by atoms with Crippen LogP contribution in [-0.4, -0.2) is 0 Å². The Morgan fingerprint density at radius 2 is 1.95 bits per heavy atom. The van der Waals surface area contributed by atoms with E-state index in [1.807, 2.05) is 18.2 Å². The summed E-state index contributed by atoms with van der Waals surface area (Å²) in [5, 5.41) is 3.13. The number of aryl methyl sites for hydroxylation is 1. The molecule has 2 nitrogen and oxygen atoms in total. The molecule has 1 aliphatic carbocycles. The minimum Gasteiger partial charge on any atom is -0.399 e. The van der Waals surface area contributed by atoms with Crippen LogP contribution >= 0.6 is 0 Å². The van der Waals surface area contributed by atoms with E-state index < -0.39 is 11.6 Å². The summed E-state index contributed by atoms with van der Waals surface area (Å²) in [6, 6.07) is 9.40. The lowest BCUT2D eigenvalue weighted by Gasteiger charge is -2.16. The topological polar surface area (TPSA) is 38.0 Å². The summed E-state index contributed by atoms with van der Waals surface area (Å²) < 4.78 is 26.5. The van der Waals surface area contributed by atoms with Gasteiger partial charge in [-0.3, -0.25) is 0 Å². The molecule has 0 saturated heterocycles. The highest BCUT2D eigenvalue weighted by Gasteiger charge is 2.23. The smallest absolute Gasteiger partial charge is 0.149 e. The monoisotopic (exact) mass is 260 g/mol. The molecule has 3 rings (SSSR count). The van der Waals surface area contributed by atoms with Crippen LogP contribution in [0, 0.1) is 11.6 Å². The fourth-order valence-corrected chi connectivity index (χ4v) is 2.58. The molecule has 0 spiro atoms. The highest BCUT2D eigenvalue weighted by atomic mass is 19.1. The van der Waals surface area contributed by atoms with Gasteiger partial charge in [0.25, 0.3) is 0 Å². The first kappa shape index (κ1) is 12.0. The Morgan fingerprint density at radius 3 is 2.74 bits per heavy atom. The molecule has 4 heteroatoms. The minimum atomic E-state index is -0.567. The third-order valence-electron chi connectivity index (χ3n) is 3.51. The Labute approximate surface area is 110 Å². The van der Waals surface area contributed by atoms with E-state index in [0.29, 0.717) is 5.69 Å². The van der Waals surface area contributed by atoms with Crippen LogP contribution in [0.15, 0.2) is 36.4 Å². The molecule has 0 amide bonds. The molecule has 3 N–H and O–H groups in total. The number of hydrogen-bond acceptors (Lipinski definition) is 2. The zero-order chi connectivity index (χ0) is 13.4. The van der Waals surface area contributed by atoms with Crippen molar-refractivity contribution >= 4 is 11.4 Å². The maximum Gasteiger partial charge on any atom is 0.149 e. The van der Waals surface area contributed by atoms with Gasteiger partial charge in [0.2, 0.25) is 0 Å². The molecule has 0 aromatic heterocycles. The van der Waals surface area contributed by atoms with Gasteiger partial charge in [-0.1, -0.05) is 6.07 Å². The number of anilines is 2. The lowest BCUT2D eigenvalue weighted by atomic mass is 10.1. The Hall–Kier alpha value is -2.10. The van der Waals surface area contributed by atoms with Crippen LogP contribution in [0.25, 0.3) is 0 Å². The van der Waals surface area contributed by atoms with Gasteiger partial charge in [0.1, 0.15) is 11.6 Å². The molecule has 19 heavy (non-hydrogen) atoms. The number of rotatable bonds is 2. The number of fused-ring (bicyclic) bond motifs is 1.